The van der Waals surface area contributed by atoms with Crippen LogP contribution in [0.15, 0.2) is 78.9 Å². The van der Waals surface area contributed by atoms with E-state index in [0.29, 0.717) is 0 Å². The second kappa shape index (κ2) is 5.97. The standard InChI is InChI=1S/C25H21N3O2/c1-16-11-13-17(14-12-16)20-15-22-18-7-3-6-10-23(18)30-25(28(22)26-20)19-8-4-5-9-21(19)27(2)24(25)29/h3-15,22,26H,1-2H3/t22-,25-/m0/s1. The molecular formula is C25H21N3O2. The minimum Gasteiger partial charge on any atom is -0.457 e. The number of fused-ring (bicyclic) bond motifs is 6. The lowest BCUT2D eigenvalue weighted by Gasteiger charge is -2.45. The van der Waals surface area contributed by atoms with E-state index >= 15 is 0 Å². The molecule has 6 rings (SSSR count). The number of hydrogen-bond donors (Lipinski definition) is 1. The molecule has 3 aliphatic heterocycles. The molecule has 1 amide bonds. The summed E-state index contributed by atoms with van der Waals surface area (Å²) in [6.45, 7) is 2.08. The number of carbonyl (C=O) groups excluding carboxylic acids is 1. The van der Waals surface area contributed by atoms with Gasteiger partial charge in [0.15, 0.2) is 0 Å². The van der Waals surface area contributed by atoms with E-state index in [2.05, 4.69) is 48.8 Å². The van der Waals surface area contributed by atoms with Crippen molar-refractivity contribution in [1.82, 2.24) is 10.4 Å². The smallest absolute Gasteiger partial charge is 0.293 e. The number of nitrogens with one attached hydrogen (secondary N) is 1. The van der Waals surface area contributed by atoms with Crippen LogP contribution < -0.4 is 15.1 Å². The van der Waals surface area contributed by atoms with Crippen molar-refractivity contribution < 1.29 is 9.53 Å². The Balaban J connectivity index is 1.56. The number of amides is 1. The summed E-state index contributed by atoms with van der Waals surface area (Å²) in [7, 11) is 1.80. The van der Waals surface area contributed by atoms with Gasteiger partial charge in [-0.25, -0.2) is 0 Å². The summed E-state index contributed by atoms with van der Waals surface area (Å²) in [6.07, 6.45) is 2.18. The first kappa shape index (κ1) is 17.3. The lowest BCUT2D eigenvalue weighted by atomic mass is 9.95. The number of likely N-dealkylation sites (N-methyl/N-ethyl adjacent to an activating group) is 1. The molecule has 0 aromatic heterocycles. The largest absolute Gasteiger partial charge is 0.457 e. The fourth-order valence-corrected chi connectivity index (χ4v) is 4.73. The molecule has 0 bridgehead atoms. The molecular weight excluding hydrogens is 374 g/mol. The molecule has 5 heteroatoms. The number of nitrogens with zero attached hydrogens (tertiary/aromatic N) is 2. The summed E-state index contributed by atoms with van der Waals surface area (Å²) in [5.74, 6) is 0.634. The second-order valence-corrected chi connectivity index (χ2v) is 8.04. The van der Waals surface area contributed by atoms with E-state index in [1.165, 1.54) is 5.56 Å². The first-order valence-electron chi connectivity index (χ1n) is 10.1. The highest BCUT2D eigenvalue weighted by Crippen LogP contribution is 2.53. The van der Waals surface area contributed by atoms with Gasteiger partial charge in [-0.1, -0.05) is 66.2 Å². The number of aryl methyl sites for hydroxylation is 1. The summed E-state index contributed by atoms with van der Waals surface area (Å²) >= 11 is 0. The van der Waals surface area contributed by atoms with Gasteiger partial charge in [-0.3, -0.25) is 4.79 Å². The van der Waals surface area contributed by atoms with Crippen LogP contribution in [0, 0.1) is 6.92 Å². The third-order valence-electron chi connectivity index (χ3n) is 6.27. The van der Waals surface area contributed by atoms with Crippen molar-refractivity contribution in [2.75, 3.05) is 11.9 Å². The van der Waals surface area contributed by atoms with Crippen LogP contribution in [-0.2, 0) is 10.5 Å². The molecule has 5 nitrogen and oxygen atoms in total. The molecule has 0 saturated carbocycles. The fourth-order valence-electron chi connectivity index (χ4n) is 4.73. The van der Waals surface area contributed by atoms with Crippen LogP contribution in [0.25, 0.3) is 5.70 Å². The molecule has 3 aromatic carbocycles. The van der Waals surface area contributed by atoms with Crippen molar-refractivity contribution in [3.05, 3.63) is 101 Å². The van der Waals surface area contributed by atoms with Crippen LogP contribution in [0.3, 0.4) is 0 Å². The minimum atomic E-state index is -1.26. The van der Waals surface area contributed by atoms with Crippen molar-refractivity contribution in [2.24, 2.45) is 0 Å². The van der Waals surface area contributed by atoms with E-state index < -0.39 is 5.72 Å². The molecule has 30 heavy (non-hydrogen) atoms. The van der Waals surface area contributed by atoms with Crippen LogP contribution in [0.4, 0.5) is 5.69 Å². The Morgan fingerprint density at radius 3 is 2.53 bits per heavy atom. The van der Waals surface area contributed by atoms with Crippen LogP contribution in [0.1, 0.15) is 28.3 Å². The van der Waals surface area contributed by atoms with Crippen LogP contribution in [0.5, 0.6) is 5.75 Å². The Hall–Kier alpha value is -3.57. The van der Waals surface area contributed by atoms with Gasteiger partial charge in [0.25, 0.3) is 11.6 Å². The summed E-state index contributed by atoms with van der Waals surface area (Å²) < 4.78 is 6.55. The number of hydrazine groups is 1. The van der Waals surface area contributed by atoms with Gasteiger partial charge in [-0.15, -0.1) is 0 Å². The van der Waals surface area contributed by atoms with Crippen LogP contribution >= 0.6 is 0 Å². The number of benzene rings is 3. The number of rotatable bonds is 1. The van der Waals surface area contributed by atoms with Crippen LogP contribution in [0.2, 0.25) is 0 Å². The number of ether oxygens (including phenoxy) is 1. The predicted molar refractivity (Wildman–Crippen MR) is 115 cm³/mol. The molecule has 3 heterocycles. The SMILES string of the molecule is Cc1ccc(C2=C[C@H]3c4ccccc4O[C@@]4(C(=O)N(C)c5ccccc54)N3N2)cc1. The van der Waals surface area contributed by atoms with E-state index in [1.54, 1.807) is 11.9 Å². The highest BCUT2D eigenvalue weighted by Gasteiger charge is 2.62. The molecule has 3 aliphatic rings. The lowest BCUT2D eigenvalue weighted by molar-refractivity contribution is -0.167. The van der Waals surface area contributed by atoms with Crippen molar-refractivity contribution in [3.63, 3.8) is 0 Å². The normalized spacial score (nSPS) is 24.1. The number of hydrogen-bond acceptors (Lipinski definition) is 4. The zero-order valence-electron chi connectivity index (χ0n) is 16.8. The number of para-hydroxylation sites is 2. The van der Waals surface area contributed by atoms with Crippen LogP contribution in [-0.4, -0.2) is 18.0 Å². The van der Waals surface area contributed by atoms with Crippen molar-refractivity contribution in [2.45, 2.75) is 18.7 Å². The molecule has 1 N–H and O–H groups in total. The maximum atomic E-state index is 13.7. The van der Waals surface area contributed by atoms with Crippen molar-refractivity contribution in [3.8, 4) is 5.75 Å². The molecule has 0 saturated heterocycles. The Kier molecular flexibility index (Phi) is 3.44. The molecule has 2 atom stereocenters. The Bertz CT molecular complexity index is 1220. The Labute approximate surface area is 175 Å². The fraction of sp³-hybridized carbons (Fsp3) is 0.160. The summed E-state index contributed by atoms with van der Waals surface area (Å²) in [6, 6.07) is 24.1. The van der Waals surface area contributed by atoms with Gasteiger partial charge in [0, 0.05) is 18.2 Å². The number of anilines is 1. The maximum Gasteiger partial charge on any atom is 0.293 e. The highest BCUT2D eigenvalue weighted by atomic mass is 16.5. The lowest BCUT2D eigenvalue weighted by Crippen LogP contribution is -2.61. The summed E-state index contributed by atoms with van der Waals surface area (Å²) in [5.41, 5.74) is 8.28. The molecule has 148 valence electrons. The van der Waals surface area contributed by atoms with E-state index in [0.717, 1.165) is 33.8 Å². The first-order chi connectivity index (χ1) is 14.6. The van der Waals surface area contributed by atoms with Gasteiger partial charge in [0.2, 0.25) is 0 Å². The van der Waals surface area contributed by atoms with Gasteiger partial charge in [-0.2, -0.15) is 5.01 Å². The third kappa shape index (κ3) is 2.13. The molecule has 0 unspecified atom stereocenters. The van der Waals surface area contributed by atoms with Gasteiger partial charge < -0.3 is 15.1 Å². The van der Waals surface area contributed by atoms with Crippen molar-refractivity contribution >= 4 is 17.3 Å². The van der Waals surface area contributed by atoms with Gasteiger partial charge in [0.1, 0.15) is 5.75 Å². The zero-order valence-corrected chi connectivity index (χ0v) is 16.8. The summed E-state index contributed by atoms with van der Waals surface area (Å²) in [4.78, 5) is 15.4. The van der Waals surface area contributed by atoms with Crippen molar-refractivity contribution in [1.29, 1.82) is 0 Å². The topological polar surface area (TPSA) is 44.8 Å². The van der Waals surface area contributed by atoms with Gasteiger partial charge in [-0.05, 0) is 30.7 Å². The summed E-state index contributed by atoms with van der Waals surface area (Å²) in [5, 5.41) is 1.97. The third-order valence-corrected chi connectivity index (χ3v) is 6.27. The Morgan fingerprint density at radius 2 is 1.70 bits per heavy atom. The molecule has 0 radical (unpaired) electrons. The Morgan fingerprint density at radius 1 is 0.967 bits per heavy atom. The second-order valence-electron chi connectivity index (χ2n) is 8.04. The average Bonchev–Trinajstić information content (AvgIpc) is 3.31. The van der Waals surface area contributed by atoms with Gasteiger partial charge in [0.05, 0.1) is 17.4 Å². The van der Waals surface area contributed by atoms with E-state index in [-0.39, 0.29) is 11.9 Å². The predicted octanol–water partition coefficient (Wildman–Crippen LogP) is 4.12. The monoisotopic (exact) mass is 395 g/mol. The average molecular weight is 395 g/mol. The first-order valence-corrected chi connectivity index (χ1v) is 10.1. The molecule has 3 aromatic rings. The highest BCUT2D eigenvalue weighted by molar-refractivity contribution is 6.07. The van der Waals surface area contributed by atoms with E-state index in [1.807, 2.05) is 47.5 Å². The number of carbonyl (C=O) groups is 1. The van der Waals surface area contributed by atoms with E-state index in [9.17, 15) is 4.79 Å². The molecule has 0 fully saturated rings. The van der Waals surface area contributed by atoms with E-state index in [4.69, 9.17) is 4.74 Å². The zero-order chi connectivity index (χ0) is 20.5. The van der Waals surface area contributed by atoms with Gasteiger partial charge >= 0.3 is 0 Å². The maximum absolute atomic E-state index is 13.7. The minimum absolute atomic E-state index is 0.103. The molecule has 1 spiro atoms. The molecule has 0 aliphatic carbocycles. The quantitative estimate of drug-likeness (QED) is 0.673.